The molecule has 5 heteroatoms. The number of thioether (sulfide) groups is 1. The van der Waals surface area contributed by atoms with Gasteiger partial charge in [0.05, 0.1) is 11.8 Å². The second-order valence-electron chi connectivity index (χ2n) is 5.42. The zero-order chi connectivity index (χ0) is 15.2. The van der Waals surface area contributed by atoms with Crippen LogP contribution in [-0.4, -0.2) is 22.3 Å². The summed E-state index contributed by atoms with van der Waals surface area (Å²) in [7, 11) is 0. The lowest BCUT2D eigenvalue weighted by atomic mass is 9.91. The Morgan fingerprint density at radius 1 is 1.45 bits per heavy atom. The maximum absolute atomic E-state index is 9.43. The third kappa shape index (κ3) is 4.84. The van der Waals surface area contributed by atoms with Crippen LogP contribution in [0.25, 0.3) is 0 Å². The predicted octanol–water partition coefficient (Wildman–Crippen LogP) is 3.83. The number of aryl methyl sites for hydroxylation is 2. The van der Waals surface area contributed by atoms with Crippen LogP contribution in [0, 0.1) is 25.2 Å². The fraction of sp³-hybridized carbons (Fsp3) is 0.733. The summed E-state index contributed by atoms with van der Waals surface area (Å²) in [6.07, 6.45) is 2.64. The van der Waals surface area contributed by atoms with E-state index in [0.717, 1.165) is 41.7 Å². The van der Waals surface area contributed by atoms with Gasteiger partial charge in [-0.25, -0.2) is 4.98 Å². The summed E-state index contributed by atoms with van der Waals surface area (Å²) in [5.41, 5.74) is 0.547. The Hall–Kier alpha value is -0.990. The molecule has 1 aromatic rings. The van der Waals surface area contributed by atoms with Crippen LogP contribution >= 0.6 is 11.8 Å². The molecule has 0 saturated carbocycles. The number of hydrogen-bond acceptors (Lipinski definition) is 5. The van der Waals surface area contributed by atoms with Gasteiger partial charge < -0.3 is 4.42 Å². The maximum Gasteiger partial charge on any atom is 0.256 e. The Labute approximate surface area is 126 Å². The van der Waals surface area contributed by atoms with E-state index in [1.807, 2.05) is 13.8 Å². The number of oxazole rings is 1. The normalized spacial score (nSPS) is 14.2. The van der Waals surface area contributed by atoms with Gasteiger partial charge in [0.15, 0.2) is 0 Å². The zero-order valence-electron chi connectivity index (χ0n) is 13.1. The van der Waals surface area contributed by atoms with Gasteiger partial charge in [0.2, 0.25) is 0 Å². The minimum atomic E-state index is -0.406. The Morgan fingerprint density at radius 2 is 2.15 bits per heavy atom. The number of hydrogen-bond donors (Lipinski definition) is 1. The molecule has 1 rings (SSSR count). The van der Waals surface area contributed by atoms with Gasteiger partial charge >= 0.3 is 0 Å². The third-order valence-electron chi connectivity index (χ3n) is 3.36. The monoisotopic (exact) mass is 295 g/mol. The van der Waals surface area contributed by atoms with E-state index in [1.54, 1.807) is 11.8 Å². The van der Waals surface area contributed by atoms with Crippen molar-refractivity contribution < 1.29 is 4.42 Å². The largest absolute Gasteiger partial charge is 0.437 e. The van der Waals surface area contributed by atoms with Crippen molar-refractivity contribution in [3.63, 3.8) is 0 Å². The van der Waals surface area contributed by atoms with Gasteiger partial charge in [0.25, 0.3) is 5.22 Å². The zero-order valence-corrected chi connectivity index (χ0v) is 13.9. The van der Waals surface area contributed by atoms with Crippen molar-refractivity contribution in [1.82, 2.24) is 10.3 Å². The van der Waals surface area contributed by atoms with Crippen LogP contribution in [-0.2, 0) is 0 Å². The Balaban J connectivity index is 2.43. The maximum atomic E-state index is 9.43. The third-order valence-corrected chi connectivity index (χ3v) is 4.28. The van der Waals surface area contributed by atoms with Crippen molar-refractivity contribution >= 4 is 11.8 Å². The van der Waals surface area contributed by atoms with Gasteiger partial charge in [-0.3, -0.25) is 5.32 Å². The van der Waals surface area contributed by atoms with Gasteiger partial charge in [-0.05, 0) is 47.0 Å². The molecule has 1 N–H and O–H groups in total. The Morgan fingerprint density at radius 3 is 2.60 bits per heavy atom. The molecule has 0 aliphatic heterocycles. The number of nitrogens with zero attached hydrogens (tertiary/aromatic N) is 2. The lowest BCUT2D eigenvalue weighted by Crippen LogP contribution is -2.47. The first-order chi connectivity index (χ1) is 9.42. The first-order valence-electron chi connectivity index (χ1n) is 7.18. The van der Waals surface area contributed by atoms with E-state index >= 15 is 0 Å². The van der Waals surface area contributed by atoms with Crippen LogP contribution < -0.4 is 5.32 Å². The fourth-order valence-electron chi connectivity index (χ4n) is 2.11. The summed E-state index contributed by atoms with van der Waals surface area (Å²) in [5.74, 6) is 1.80. The van der Waals surface area contributed by atoms with Crippen LogP contribution in [0.5, 0.6) is 0 Å². The quantitative estimate of drug-likeness (QED) is 0.583. The van der Waals surface area contributed by atoms with Crippen molar-refractivity contribution in [2.24, 2.45) is 0 Å². The molecule has 112 valence electrons. The molecule has 20 heavy (non-hydrogen) atoms. The first kappa shape index (κ1) is 17.1. The number of nitriles is 1. The summed E-state index contributed by atoms with van der Waals surface area (Å²) in [6, 6.07) is 2.77. The molecule has 0 aromatic carbocycles. The van der Waals surface area contributed by atoms with Crippen LogP contribution in [0.3, 0.4) is 0 Å². The van der Waals surface area contributed by atoms with E-state index in [4.69, 9.17) is 4.42 Å². The lowest BCUT2D eigenvalue weighted by Gasteiger charge is -2.28. The van der Waals surface area contributed by atoms with Gasteiger partial charge in [-0.15, -0.1) is 0 Å². The van der Waals surface area contributed by atoms with Crippen LogP contribution in [0.4, 0.5) is 0 Å². The highest BCUT2D eigenvalue weighted by atomic mass is 32.2. The highest BCUT2D eigenvalue weighted by Gasteiger charge is 2.27. The second-order valence-corrected chi connectivity index (χ2v) is 6.47. The molecule has 0 amide bonds. The highest BCUT2D eigenvalue weighted by Crippen LogP contribution is 2.24. The summed E-state index contributed by atoms with van der Waals surface area (Å²) in [4.78, 5) is 4.35. The molecule has 1 atom stereocenters. The fourth-order valence-corrected chi connectivity index (χ4v) is 2.96. The Kier molecular flexibility index (Phi) is 6.57. The first-order valence-corrected chi connectivity index (χ1v) is 8.17. The van der Waals surface area contributed by atoms with Crippen molar-refractivity contribution in [1.29, 1.82) is 5.26 Å². The van der Waals surface area contributed by atoms with E-state index < -0.39 is 5.54 Å². The smallest absolute Gasteiger partial charge is 0.256 e. The molecule has 0 bridgehead atoms. The minimum absolute atomic E-state index is 0.319. The van der Waals surface area contributed by atoms with E-state index in [0.29, 0.717) is 6.04 Å². The minimum Gasteiger partial charge on any atom is -0.437 e. The SMILES string of the molecule is CCC(C#N)(CCCSc1nc(C)c(C)o1)NC(C)C. The van der Waals surface area contributed by atoms with Crippen LogP contribution in [0.2, 0.25) is 0 Å². The molecular formula is C15H25N3OS. The van der Waals surface area contributed by atoms with Gasteiger partial charge in [-0.2, -0.15) is 5.26 Å². The topological polar surface area (TPSA) is 61.9 Å². The highest BCUT2D eigenvalue weighted by molar-refractivity contribution is 7.99. The summed E-state index contributed by atoms with van der Waals surface area (Å²) < 4.78 is 5.53. The van der Waals surface area contributed by atoms with Crippen LogP contribution in [0.1, 0.15) is 51.5 Å². The van der Waals surface area contributed by atoms with Gasteiger partial charge in [-0.1, -0.05) is 18.7 Å². The van der Waals surface area contributed by atoms with E-state index in [1.165, 1.54) is 0 Å². The van der Waals surface area contributed by atoms with Gasteiger partial charge in [0, 0.05) is 11.8 Å². The molecule has 1 unspecified atom stereocenters. The molecule has 0 saturated heterocycles. The molecule has 0 fully saturated rings. The van der Waals surface area contributed by atoms with Gasteiger partial charge in [0.1, 0.15) is 11.3 Å². The van der Waals surface area contributed by atoms with Crippen molar-refractivity contribution in [2.75, 3.05) is 5.75 Å². The predicted molar refractivity (Wildman–Crippen MR) is 82.8 cm³/mol. The molecule has 1 heterocycles. The average molecular weight is 295 g/mol. The lowest BCUT2D eigenvalue weighted by molar-refractivity contribution is 0.341. The van der Waals surface area contributed by atoms with E-state index in [2.05, 4.69) is 37.1 Å². The summed E-state index contributed by atoms with van der Waals surface area (Å²) >= 11 is 1.62. The van der Waals surface area contributed by atoms with Crippen molar-refractivity contribution in [2.45, 2.75) is 70.7 Å². The van der Waals surface area contributed by atoms with E-state index in [9.17, 15) is 5.26 Å². The summed E-state index contributed by atoms with van der Waals surface area (Å²) in [6.45, 7) is 10.1. The summed E-state index contributed by atoms with van der Waals surface area (Å²) in [5, 5.41) is 13.6. The molecule has 0 aliphatic rings. The molecular weight excluding hydrogens is 270 g/mol. The molecule has 0 spiro atoms. The average Bonchev–Trinajstić information content (AvgIpc) is 2.72. The molecule has 0 radical (unpaired) electrons. The second kappa shape index (κ2) is 7.70. The van der Waals surface area contributed by atoms with Crippen LogP contribution in [0.15, 0.2) is 9.64 Å². The standard InChI is InChI=1S/C15H25N3OS/c1-6-15(10-16,18-11(2)3)8-7-9-20-14-17-12(4)13(5)19-14/h11,18H,6-9H2,1-5H3. The molecule has 1 aromatic heterocycles. The molecule has 4 nitrogen and oxygen atoms in total. The molecule has 0 aliphatic carbocycles. The Bertz CT molecular complexity index is 445. The number of aromatic nitrogens is 1. The number of nitrogens with one attached hydrogen (secondary N) is 1. The number of rotatable bonds is 8. The van der Waals surface area contributed by atoms with E-state index in [-0.39, 0.29) is 0 Å². The van der Waals surface area contributed by atoms with Crippen molar-refractivity contribution in [3.8, 4) is 6.07 Å². The van der Waals surface area contributed by atoms with Crippen molar-refractivity contribution in [3.05, 3.63) is 11.5 Å².